The molecule has 1 heterocycles. The fourth-order valence-corrected chi connectivity index (χ4v) is 3.24. The van der Waals surface area contributed by atoms with Gasteiger partial charge in [0.25, 0.3) is 0 Å². The summed E-state index contributed by atoms with van der Waals surface area (Å²) in [5.41, 5.74) is 3.03. The third-order valence-corrected chi connectivity index (χ3v) is 4.79. The molecule has 2 N–H and O–H groups in total. The van der Waals surface area contributed by atoms with E-state index >= 15 is 0 Å². The Balaban J connectivity index is 1.96. The van der Waals surface area contributed by atoms with Gasteiger partial charge in [-0.2, -0.15) is 0 Å². The smallest absolute Gasteiger partial charge is 0.120 e. The first-order valence-corrected chi connectivity index (χ1v) is 9.12. The van der Waals surface area contributed by atoms with Crippen LogP contribution in [0.25, 0.3) is 21.8 Å². The summed E-state index contributed by atoms with van der Waals surface area (Å²) in [6.45, 7) is 7.59. The normalized spacial score (nSPS) is 11.6. The number of ether oxygens (including phenoxy) is 1. The van der Waals surface area contributed by atoms with Gasteiger partial charge in [-0.3, -0.25) is 0 Å². The minimum Gasteiger partial charge on any atom is -0.492 e. The molecule has 5 nitrogen and oxygen atoms in total. The molecule has 1 aromatic heterocycles. The minimum absolute atomic E-state index is 0.0587. The lowest BCUT2D eigenvalue weighted by atomic mass is 10.0. The summed E-state index contributed by atoms with van der Waals surface area (Å²) in [6.07, 6.45) is 0. The Labute approximate surface area is 153 Å². The van der Waals surface area contributed by atoms with E-state index in [1.807, 2.05) is 36.4 Å². The van der Waals surface area contributed by atoms with Crippen molar-refractivity contribution in [2.24, 2.45) is 0 Å². The maximum atomic E-state index is 9.80. The van der Waals surface area contributed by atoms with Gasteiger partial charge in [-0.15, -0.1) is 0 Å². The summed E-state index contributed by atoms with van der Waals surface area (Å²) >= 11 is 0. The van der Waals surface area contributed by atoms with Crippen molar-refractivity contribution < 1.29 is 14.9 Å². The molecule has 0 radical (unpaired) electrons. The van der Waals surface area contributed by atoms with E-state index in [9.17, 15) is 10.2 Å². The van der Waals surface area contributed by atoms with Crippen molar-refractivity contribution in [3.8, 4) is 5.75 Å². The van der Waals surface area contributed by atoms with Crippen LogP contribution in [0.2, 0.25) is 0 Å². The largest absolute Gasteiger partial charge is 0.492 e. The topological polar surface area (TPSA) is 65.8 Å². The van der Waals surface area contributed by atoms with Crippen molar-refractivity contribution in [2.75, 3.05) is 26.2 Å². The summed E-state index contributed by atoms with van der Waals surface area (Å²) in [6, 6.07) is 11.6. The van der Waals surface area contributed by atoms with Crippen LogP contribution >= 0.6 is 0 Å². The number of hydrogen-bond donors (Lipinski definition) is 2. The van der Waals surface area contributed by atoms with E-state index < -0.39 is 0 Å². The average molecular weight is 354 g/mol. The number of hydrogen-bond acceptors (Lipinski definition) is 5. The minimum atomic E-state index is -0.108. The van der Waals surface area contributed by atoms with Gasteiger partial charge in [0.1, 0.15) is 12.4 Å². The molecular formula is C21H26N2O3. The number of fused-ring (bicyclic) bond motifs is 2. The molecule has 26 heavy (non-hydrogen) atoms. The Morgan fingerprint density at radius 1 is 0.923 bits per heavy atom. The molecule has 0 atom stereocenters. The van der Waals surface area contributed by atoms with Crippen molar-refractivity contribution in [2.45, 2.75) is 27.1 Å². The quantitative estimate of drug-likeness (QED) is 0.609. The highest BCUT2D eigenvalue weighted by Crippen LogP contribution is 2.29. The third-order valence-electron chi connectivity index (χ3n) is 4.79. The Bertz CT molecular complexity index is 891. The lowest BCUT2D eigenvalue weighted by molar-refractivity contribution is 0.222. The molecule has 0 aliphatic rings. The molecule has 0 aliphatic heterocycles. The van der Waals surface area contributed by atoms with Gasteiger partial charge in [0.15, 0.2) is 0 Å². The van der Waals surface area contributed by atoms with Gasteiger partial charge in [-0.05, 0) is 31.3 Å². The molecule has 2 aromatic carbocycles. The number of likely N-dealkylation sites (N-methyl/N-ethyl adjacent to an activating group) is 1. The van der Waals surface area contributed by atoms with Crippen LogP contribution < -0.4 is 4.74 Å². The maximum absolute atomic E-state index is 9.80. The molecule has 0 fully saturated rings. The number of benzene rings is 2. The molecule has 0 spiro atoms. The van der Waals surface area contributed by atoms with Crippen LogP contribution in [0.3, 0.4) is 0 Å². The molecule has 0 saturated carbocycles. The predicted octanol–water partition coefficient (Wildman–Crippen LogP) is 3.09. The second-order valence-electron chi connectivity index (χ2n) is 6.32. The Hall–Kier alpha value is -2.21. The zero-order valence-electron chi connectivity index (χ0n) is 15.4. The van der Waals surface area contributed by atoms with Crippen molar-refractivity contribution in [3.05, 3.63) is 47.5 Å². The monoisotopic (exact) mass is 354 g/mol. The third kappa shape index (κ3) is 3.80. The van der Waals surface area contributed by atoms with Crippen molar-refractivity contribution in [1.29, 1.82) is 0 Å². The fourth-order valence-electron chi connectivity index (χ4n) is 3.24. The highest BCUT2D eigenvalue weighted by molar-refractivity contribution is 5.96. The number of pyridine rings is 1. The van der Waals surface area contributed by atoms with Gasteiger partial charge in [-0.25, -0.2) is 4.98 Å². The van der Waals surface area contributed by atoms with Crippen molar-refractivity contribution in [3.63, 3.8) is 0 Å². The molecular weight excluding hydrogens is 328 g/mol. The van der Waals surface area contributed by atoms with Gasteiger partial charge in [0.05, 0.1) is 24.2 Å². The number of aromatic nitrogens is 1. The number of aliphatic hydroxyl groups is 2. The molecule has 0 bridgehead atoms. The van der Waals surface area contributed by atoms with E-state index in [-0.39, 0.29) is 13.2 Å². The molecule has 3 rings (SSSR count). The lowest BCUT2D eigenvalue weighted by Gasteiger charge is -2.18. The Morgan fingerprint density at radius 3 is 2.35 bits per heavy atom. The Kier molecular flexibility index (Phi) is 6.04. The number of rotatable bonds is 8. The van der Waals surface area contributed by atoms with Crippen LogP contribution in [-0.2, 0) is 13.2 Å². The fraction of sp³-hybridized carbons (Fsp3) is 0.381. The second-order valence-corrected chi connectivity index (χ2v) is 6.32. The first-order chi connectivity index (χ1) is 12.7. The highest BCUT2D eigenvalue weighted by atomic mass is 16.5. The lowest BCUT2D eigenvalue weighted by Crippen LogP contribution is -2.27. The Morgan fingerprint density at radius 2 is 1.65 bits per heavy atom. The number of aliphatic hydroxyl groups excluding tert-OH is 2. The van der Waals surface area contributed by atoms with E-state index in [0.717, 1.165) is 58.3 Å². The van der Waals surface area contributed by atoms with Crippen LogP contribution in [0.1, 0.15) is 25.0 Å². The molecule has 0 amide bonds. The first kappa shape index (κ1) is 18.6. The summed E-state index contributed by atoms with van der Waals surface area (Å²) < 4.78 is 5.93. The SMILES string of the molecule is CCN(CC)CCOc1cc(CO)c2nc3c(CO)cccc3cc2c1. The molecule has 0 saturated heterocycles. The van der Waals surface area contributed by atoms with Crippen LogP contribution in [0.4, 0.5) is 0 Å². The van der Waals surface area contributed by atoms with Gasteiger partial charge in [0.2, 0.25) is 0 Å². The predicted molar refractivity (Wildman–Crippen MR) is 104 cm³/mol. The zero-order valence-corrected chi connectivity index (χ0v) is 15.4. The van der Waals surface area contributed by atoms with E-state index in [1.165, 1.54) is 0 Å². The number of nitrogens with zero attached hydrogens (tertiary/aromatic N) is 2. The highest BCUT2D eigenvalue weighted by Gasteiger charge is 2.10. The van der Waals surface area contributed by atoms with Gasteiger partial charge >= 0.3 is 0 Å². The van der Waals surface area contributed by atoms with Crippen LogP contribution in [-0.4, -0.2) is 46.3 Å². The molecule has 0 unspecified atom stereocenters. The maximum Gasteiger partial charge on any atom is 0.120 e. The van der Waals surface area contributed by atoms with Gasteiger partial charge < -0.3 is 19.8 Å². The molecule has 0 aliphatic carbocycles. The van der Waals surface area contributed by atoms with E-state index in [4.69, 9.17) is 9.72 Å². The van der Waals surface area contributed by atoms with Crippen molar-refractivity contribution in [1.82, 2.24) is 9.88 Å². The van der Waals surface area contributed by atoms with Gasteiger partial charge in [0, 0.05) is 28.4 Å². The molecule has 138 valence electrons. The van der Waals surface area contributed by atoms with Crippen LogP contribution in [0.5, 0.6) is 5.75 Å². The van der Waals surface area contributed by atoms with Crippen molar-refractivity contribution >= 4 is 21.8 Å². The average Bonchev–Trinajstić information content (AvgIpc) is 2.68. The summed E-state index contributed by atoms with van der Waals surface area (Å²) in [4.78, 5) is 7.02. The standard InChI is InChI=1S/C21H26N2O3/c1-3-23(4-2)8-9-26-19-11-17-10-15-6-5-7-16(13-24)20(15)22-21(17)18(12-19)14-25/h5-7,10-12,24-25H,3-4,8-9,13-14H2,1-2H3. The van der Waals surface area contributed by atoms with Crippen LogP contribution in [0, 0.1) is 0 Å². The summed E-state index contributed by atoms with van der Waals surface area (Å²) in [7, 11) is 0. The van der Waals surface area contributed by atoms with Crippen LogP contribution in [0.15, 0.2) is 36.4 Å². The summed E-state index contributed by atoms with van der Waals surface area (Å²) in [5.74, 6) is 0.744. The van der Waals surface area contributed by atoms with E-state index in [1.54, 1.807) is 0 Å². The summed E-state index contributed by atoms with van der Waals surface area (Å²) in [5, 5.41) is 21.2. The first-order valence-electron chi connectivity index (χ1n) is 9.12. The molecule has 3 aromatic rings. The van der Waals surface area contributed by atoms with Gasteiger partial charge in [-0.1, -0.05) is 32.0 Å². The molecule has 5 heteroatoms. The van der Waals surface area contributed by atoms with E-state index in [2.05, 4.69) is 18.7 Å². The second kappa shape index (κ2) is 8.45. The van der Waals surface area contributed by atoms with E-state index in [0.29, 0.717) is 6.61 Å². The zero-order chi connectivity index (χ0) is 18.5. The number of para-hydroxylation sites is 1.